The Morgan fingerprint density at radius 3 is 2.19 bits per heavy atom. The number of benzene rings is 3. The third-order valence-electron chi connectivity index (χ3n) is 6.55. The fourth-order valence-electron chi connectivity index (χ4n) is 4.67. The summed E-state index contributed by atoms with van der Waals surface area (Å²) in [5.74, 6) is 0.511. The fourth-order valence-corrected chi connectivity index (χ4v) is 4.67. The zero-order valence-electron chi connectivity index (χ0n) is 21.4. The van der Waals surface area contributed by atoms with Gasteiger partial charge in [-0.2, -0.15) is 0 Å². The minimum Gasteiger partial charge on any atom is -0.371 e. The number of carbonyl (C=O) groups excluding carboxylic acids is 2. The van der Waals surface area contributed by atoms with Crippen LogP contribution in [0.4, 0.5) is 21.9 Å². The van der Waals surface area contributed by atoms with Gasteiger partial charge in [-0.05, 0) is 81.8 Å². The van der Waals surface area contributed by atoms with Gasteiger partial charge in [-0.1, -0.05) is 48.0 Å². The summed E-state index contributed by atoms with van der Waals surface area (Å²) in [6.45, 7) is 7.70. The summed E-state index contributed by atoms with van der Waals surface area (Å²) >= 11 is 0. The molecule has 4 rings (SSSR count). The number of hydrogen-bond donors (Lipinski definition) is 3. The van der Waals surface area contributed by atoms with E-state index < -0.39 is 0 Å². The van der Waals surface area contributed by atoms with E-state index in [2.05, 4.69) is 51.2 Å². The molecule has 3 amide bonds. The standard InChI is InChI=1S/C30H36N4O2/c1-21(2)31-29(35)27-20-26(33-30(36)32-25-11-9-22(3)10-12-25)13-14-28(27)34-17-15-24(16-18-34)19-23-7-5-4-6-8-23/h4-14,20-21,24H,15-19H2,1-3H3,(H,31,35)(H2,32,33,36). The normalized spacial score (nSPS) is 13.9. The molecule has 1 fully saturated rings. The van der Waals surface area contributed by atoms with E-state index in [0.717, 1.165) is 43.6 Å². The van der Waals surface area contributed by atoms with Gasteiger partial charge in [0, 0.05) is 36.2 Å². The molecule has 1 aliphatic rings. The van der Waals surface area contributed by atoms with Crippen LogP contribution in [0.3, 0.4) is 0 Å². The summed E-state index contributed by atoms with van der Waals surface area (Å²) in [6.07, 6.45) is 3.26. The van der Waals surface area contributed by atoms with E-state index in [4.69, 9.17) is 0 Å². The number of piperidine rings is 1. The molecule has 3 aromatic rings. The zero-order valence-corrected chi connectivity index (χ0v) is 21.4. The maximum Gasteiger partial charge on any atom is 0.323 e. The molecule has 188 valence electrons. The molecule has 1 saturated heterocycles. The molecule has 0 aromatic heterocycles. The highest BCUT2D eigenvalue weighted by Gasteiger charge is 2.24. The third kappa shape index (κ3) is 6.87. The number of urea groups is 1. The van der Waals surface area contributed by atoms with Crippen LogP contribution in [-0.2, 0) is 6.42 Å². The monoisotopic (exact) mass is 484 g/mol. The van der Waals surface area contributed by atoms with Crippen LogP contribution in [0.2, 0.25) is 0 Å². The minimum atomic E-state index is -0.344. The summed E-state index contributed by atoms with van der Waals surface area (Å²) in [5, 5.41) is 8.72. The van der Waals surface area contributed by atoms with E-state index in [-0.39, 0.29) is 18.0 Å². The highest BCUT2D eigenvalue weighted by Crippen LogP contribution is 2.30. The van der Waals surface area contributed by atoms with Crippen LogP contribution in [0, 0.1) is 12.8 Å². The second kappa shape index (κ2) is 11.8. The lowest BCUT2D eigenvalue weighted by Gasteiger charge is -2.35. The van der Waals surface area contributed by atoms with Crippen molar-refractivity contribution in [1.29, 1.82) is 0 Å². The quantitative estimate of drug-likeness (QED) is 0.372. The topological polar surface area (TPSA) is 73.5 Å². The molecule has 1 heterocycles. The van der Waals surface area contributed by atoms with Crippen molar-refractivity contribution in [3.8, 4) is 0 Å². The number of rotatable bonds is 7. The molecule has 0 unspecified atom stereocenters. The highest BCUT2D eigenvalue weighted by molar-refractivity contribution is 6.04. The lowest BCUT2D eigenvalue weighted by atomic mass is 9.89. The molecule has 3 N–H and O–H groups in total. The molecule has 3 aromatic carbocycles. The molecule has 0 saturated carbocycles. The van der Waals surface area contributed by atoms with Crippen molar-refractivity contribution >= 4 is 29.0 Å². The molecular formula is C30H36N4O2. The summed E-state index contributed by atoms with van der Waals surface area (Å²) in [5.41, 5.74) is 5.30. The molecule has 6 heteroatoms. The molecule has 6 nitrogen and oxygen atoms in total. The van der Waals surface area contributed by atoms with Crippen molar-refractivity contribution in [2.75, 3.05) is 28.6 Å². The van der Waals surface area contributed by atoms with Crippen LogP contribution >= 0.6 is 0 Å². The maximum absolute atomic E-state index is 13.1. The Bertz CT molecular complexity index is 1170. The van der Waals surface area contributed by atoms with Crippen molar-refractivity contribution < 1.29 is 9.59 Å². The first-order valence-electron chi connectivity index (χ1n) is 12.8. The van der Waals surface area contributed by atoms with Gasteiger partial charge < -0.3 is 20.9 Å². The Morgan fingerprint density at radius 2 is 1.53 bits per heavy atom. The first kappa shape index (κ1) is 25.3. The second-order valence-corrected chi connectivity index (χ2v) is 9.93. The lowest BCUT2D eigenvalue weighted by molar-refractivity contribution is 0.0943. The Labute approximate surface area is 214 Å². The molecule has 36 heavy (non-hydrogen) atoms. The first-order chi connectivity index (χ1) is 17.4. The summed E-state index contributed by atoms with van der Waals surface area (Å²) < 4.78 is 0. The van der Waals surface area contributed by atoms with Crippen LogP contribution in [0.25, 0.3) is 0 Å². The van der Waals surface area contributed by atoms with Gasteiger partial charge in [-0.25, -0.2) is 4.79 Å². The van der Waals surface area contributed by atoms with E-state index in [1.807, 2.05) is 57.2 Å². The number of nitrogens with one attached hydrogen (secondary N) is 3. The van der Waals surface area contributed by atoms with Gasteiger partial charge in [-0.3, -0.25) is 4.79 Å². The summed E-state index contributed by atoms with van der Waals surface area (Å²) in [6, 6.07) is 23.5. The van der Waals surface area contributed by atoms with Crippen LogP contribution in [0.5, 0.6) is 0 Å². The van der Waals surface area contributed by atoms with Gasteiger partial charge >= 0.3 is 6.03 Å². The van der Waals surface area contributed by atoms with Crippen LogP contribution in [0.15, 0.2) is 72.8 Å². The van der Waals surface area contributed by atoms with Crippen molar-refractivity contribution in [3.63, 3.8) is 0 Å². The number of aryl methyl sites for hydroxylation is 1. The van der Waals surface area contributed by atoms with Gasteiger partial charge in [0.2, 0.25) is 0 Å². The number of nitrogens with zero attached hydrogens (tertiary/aromatic N) is 1. The second-order valence-electron chi connectivity index (χ2n) is 9.93. The minimum absolute atomic E-state index is 0.0170. The van der Waals surface area contributed by atoms with E-state index in [9.17, 15) is 9.59 Å². The van der Waals surface area contributed by atoms with Crippen LogP contribution < -0.4 is 20.9 Å². The highest BCUT2D eigenvalue weighted by atomic mass is 16.2. The predicted molar refractivity (Wildman–Crippen MR) is 148 cm³/mol. The van der Waals surface area contributed by atoms with E-state index in [1.165, 1.54) is 5.56 Å². The molecule has 0 radical (unpaired) electrons. The van der Waals surface area contributed by atoms with Gasteiger partial charge in [-0.15, -0.1) is 0 Å². The Balaban J connectivity index is 1.45. The third-order valence-corrected chi connectivity index (χ3v) is 6.55. The molecule has 0 spiro atoms. The maximum atomic E-state index is 13.1. The van der Waals surface area contributed by atoms with Crippen LogP contribution in [0.1, 0.15) is 48.2 Å². The fraction of sp³-hybridized carbons (Fsp3) is 0.333. The van der Waals surface area contributed by atoms with Gasteiger partial charge in [0.15, 0.2) is 0 Å². The van der Waals surface area contributed by atoms with Crippen molar-refractivity contribution in [2.24, 2.45) is 5.92 Å². The lowest BCUT2D eigenvalue weighted by Crippen LogP contribution is -2.37. The number of hydrogen-bond acceptors (Lipinski definition) is 3. The van der Waals surface area contributed by atoms with Crippen molar-refractivity contribution in [2.45, 2.75) is 46.1 Å². The number of anilines is 3. The van der Waals surface area contributed by atoms with Gasteiger partial charge in [0.05, 0.1) is 5.56 Å². The largest absolute Gasteiger partial charge is 0.371 e. The summed E-state index contributed by atoms with van der Waals surface area (Å²) in [7, 11) is 0. The van der Waals surface area contributed by atoms with Crippen molar-refractivity contribution in [1.82, 2.24) is 5.32 Å². The zero-order chi connectivity index (χ0) is 25.5. The SMILES string of the molecule is Cc1ccc(NC(=O)Nc2ccc(N3CCC(Cc4ccccc4)CC3)c(C(=O)NC(C)C)c2)cc1. The average Bonchev–Trinajstić information content (AvgIpc) is 2.86. The Kier molecular flexibility index (Phi) is 8.26. The van der Waals surface area contributed by atoms with E-state index in [0.29, 0.717) is 22.9 Å². The van der Waals surface area contributed by atoms with Crippen molar-refractivity contribution in [3.05, 3.63) is 89.5 Å². The number of amides is 3. The molecule has 0 atom stereocenters. The average molecular weight is 485 g/mol. The molecule has 1 aliphatic heterocycles. The molecule has 0 bridgehead atoms. The predicted octanol–water partition coefficient (Wildman–Crippen LogP) is 6.24. The van der Waals surface area contributed by atoms with E-state index in [1.54, 1.807) is 6.07 Å². The number of carbonyl (C=O) groups is 2. The molecule has 0 aliphatic carbocycles. The summed E-state index contributed by atoms with van der Waals surface area (Å²) in [4.78, 5) is 28.0. The molecular weight excluding hydrogens is 448 g/mol. The van der Waals surface area contributed by atoms with Crippen LogP contribution in [-0.4, -0.2) is 31.1 Å². The van der Waals surface area contributed by atoms with E-state index >= 15 is 0 Å². The smallest absolute Gasteiger partial charge is 0.323 e. The van der Waals surface area contributed by atoms with Gasteiger partial charge in [0.25, 0.3) is 5.91 Å². The first-order valence-corrected chi connectivity index (χ1v) is 12.8. The Hall–Kier alpha value is -3.80. The van der Waals surface area contributed by atoms with Gasteiger partial charge in [0.1, 0.15) is 0 Å². The Morgan fingerprint density at radius 1 is 0.889 bits per heavy atom.